The minimum absolute atomic E-state index is 0.0781. The van der Waals surface area contributed by atoms with Crippen molar-refractivity contribution in [2.24, 2.45) is 0 Å². The summed E-state index contributed by atoms with van der Waals surface area (Å²) >= 11 is 0. The Bertz CT molecular complexity index is 1670. The van der Waals surface area contributed by atoms with Gasteiger partial charge in [-0.15, -0.1) is 0 Å². The van der Waals surface area contributed by atoms with Crippen LogP contribution in [0.15, 0.2) is 114 Å². The Morgan fingerprint density at radius 3 is 1.93 bits per heavy atom. The molecule has 0 aliphatic carbocycles. The first-order valence-electron chi connectivity index (χ1n) is 15.3. The lowest BCUT2D eigenvalue weighted by molar-refractivity contribution is -0.140. The molecule has 4 rings (SSSR count). The summed E-state index contributed by atoms with van der Waals surface area (Å²) in [6.07, 6.45) is 0.269. The van der Waals surface area contributed by atoms with E-state index in [0.717, 1.165) is 26.6 Å². The van der Waals surface area contributed by atoms with E-state index in [2.05, 4.69) is 19.2 Å². The smallest absolute Gasteiger partial charge is 0.264 e. The van der Waals surface area contributed by atoms with Crippen LogP contribution in [0.1, 0.15) is 55.9 Å². The highest BCUT2D eigenvalue weighted by atomic mass is 32.2. The number of rotatable bonds is 13. The standard InChI is InChI=1S/C37H43N3O4S/c1-27(2)32-19-21-33(22-20-32)40(45(43,44)34-17-10-7-11-18-34)26-36(41)39(25-31-16-12-13-29(5)23-31)35(37(42)38-28(3)4)24-30-14-8-6-9-15-30/h6-23,27-28,35H,24-26H2,1-5H3,(H,38,42)/t35-/m1/s1. The highest BCUT2D eigenvalue weighted by Crippen LogP contribution is 2.27. The molecule has 1 atom stereocenters. The molecule has 0 unspecified atom stereocenters. The van der Waals surface area contributed by atoms with Gasteiger partial charge in [-0.2, -0.15) is 0 Å². The fourth-order valence-electron chi connectivity index (χ4n) is 5.22. The van der Waals surface area contributed by atoms with Gasteiger partial charge in [-0.05, 0) is 67.6 Å². The molecule has 2 amide bonds. The lowest BCUT2D eigenvalue weighted by atomic mass is 10.0. The van der Waals surface area contributed by atoms with Crippen LogP contribution in [0.25, 0.3) is 0 Å². The minimum Gasteiger partial charge on any atom is -0.352 e. The molecule has 4 aromatic rings. The largest absolute Gasteiger partial charge is 0.352 e. The average molecular weight is 626 g/mol. The Balaban J connectivity index is 1.81. The third-order valence-corrected chi connectivity index (χ3v) is 9.38. The van der Waals surface area contributed by atoms with Gasteiger partial charge >= 0.3 is 0 Å². The van der Waals surface area contributed by atoms with Gasteiger partial charge in [-0.1, -0.05) is 104 Å². The number of sulfonamides is 1. The van der Waals surface area contributed by atoms with Gasteiger partial charge in [0.25, 0.3) is 10.0 Å². The first-order chi connectivity index (χ1) is 21.5. The third kappa shape index (κ3) is 8.82. The molecule has 8 heteroatoms. The first-order valence-corrected chi connectivity index (χ1v) is 16.8. The minimum atomic E-state index is -4.13. The molecule has 0 saturated carbocycles. The van der Waals surface area contributed by atoms with E-state index in [4.69, 9.17) is 0 Å². The number of benzene rings is 4. The number of carbonyl (C=O) groups is 2. The molecule has 0 radical (unpaired) electrons. The Morgan fingerprint density at radius 2 is 1.36 bits per heavy atom. The van der Waals surface area contributed by atoms with Crippen LogP contribution in [0.5, 0.6) is 0 Å². The predicted octanol–water partition coefficient (Wildman–Crippen LogP) is 6.48. The van der Waals surface area contributed by atoms with Gasteiger partial charge < -0.3 is 10.2 Å². The van der Waals surface area contributed by atoms with E-state index in [1.54, 1.807) is 30.3 Å². The van der Waals surface area contributed by atoms with Crippen molar-refractivity contribution in [2.75, 3.05) is 10.8 Å². The first kappa shape index (κ1) is 33.5. The Labute approximate surface area is 268 Å². The third-order valence-electron chi connectivity index (χ3n) is 7.60. The topological polar surface area (TPSA) is 86.8 Å². The summed E-state index contributed by atoms with van der Waals surface area (Å²) in [6.45, 7) is 9.50. The van der Waals surface area contributed by atoms with Crippen LogP contribution in [0.2, 0.25) is 0 Å². The van der Waals surface area contributed by atoms with Crippen molar-refractivity contribution in [3.63, 3.8) is 0 Å². The number of nitrogens with one attached hydrogen (secondary N) is 1. The quantitative estimate of drug-likeness (QED) is 0.184. The van der Waals surface area contributed by atoms with Crippen molar-refractivity contribution >= 4 is 27.5 Å². The van der Waals surface area contributed by atoms with Gasteiger partial charge in [0.1, 0.15) is 12.6 Å². The Morgan fingerprint density at radius 1 is 0.756 bits per heavy atom. The van der Waals surface area contributed by atoms with E-state index < -0.39 is 28.5 Å². The van der Waals surface area contributed by atoms with Crippen LogP contribution in [0.4, 0.5) is 5.69 Å². The van der Waals surface area contributed by atoms with Crippen LogP contribution in [-0.2, 0) is 32.6 Å². The molecule has 0 bridgehead atoms. The molecule has 236 valence electrons. The van der Waals surface area contributed by atoms with Crippen LogP contribution in [-0.4, -0.2) is 43.8 Å². The lowest BCUT2D eigenvalue weighted by Gasteiger charge is -2.34. The molecule has 0 saturated heterocycles. The summed E-state index contributed by atoms with van der Waals surface area (Å²) in [5.74, 6) is -0.528. The predicted molar refractivity (Wildman–Crippen MR) is 180 cm³/mol. The highest BCUT2D eigenvalue weighted by molar-refractivity contribution is 7.92. The molecule has 7 nitrogen and oxygen atoms in total. The Hall–Kier alpha value is -4.43. The van der Waals surface area contributed by atoms with Crippen LogP contribution in [0.3, 0.4) is 0 Å². The average Bonchev–Trinajstić information content (AvgIpc) is 3.02. The van der Waals surface area contributed by atoms with Crippen molar-refractivity contribution in [1.82, 2.24) is 10.2 Å². The number of hydrogen-bond acceptors (Lipinski definition) is 4. The molecule has 1 N–H and O–H groups in total. The summed E-state index contributed by atoms with van der Waals surface area (Å²) in [4.78, 5) is 29.9. The molecule has 0 heterocycles. The van der Waals surface area contributed by atoms with E-state index in [-0.39, 0.29) is 35.7 Å². The molecule has 0 aromatic heterocycles. The van der Waals surface area contributed by atoms with Gasteiger partial charge in [0.15, 0.2) is 0 Å². The van der Waals surface area contributed by atoms with Gasteiger partial charge in [0.05, 0.1) is 10.6 Å². The second-order valence-electron chi connectivity index (χ2n) is 12.0. The maximum absolute atomic E-state index is 14.5. The fraction of sp³-hybridized carbons (Fsp3) is 0.297. The van der Waals surface area contributed by atoms with Crippen molar-refractivity contribution in [2.45, 2.75) is 70.5 Å². The number of nitrogens with zero attached hydrogens (tertiary/aromatic N) is 2. The zero-order chi connectivity index (χ0) is 32.6. The number of amides is 2. The molecule has 45 heavy (non-hydrogen) atoms. The van der Waals surface area contributed by atoms with Gasteiger partial charge in [0.2, 0.25) is 11.8 Å². The normalized spacial score (nSPS) is 12.2. The van der Waals surface area contributed by atoms with E-state index in [1.807, 2.05) is 87.5 Å². The van der Waals surface area contributed by atoms with Gasteiger partial charge in [0, 0.05) is 19.0 Å². The maximum atomic E-state index is 14.5. The number of carbonyl (C=O) groups excluding carboxylic acids is 2. The number of anilines is 1. The molecule has 4 aromatic carbocycles. The second-order valence-corrected chi connectivity index (χ2v) is 13.8. The second kappa shape index (κ2) is 15.0. The molecule has 0 aliphatic rings. The van der Waals surface area contributed by atoms with E-state index in [1.165, 1.54) is 17.0 Å². The fourth-order valence-corrected chi connectivity index (χ4v) is 6.65. The maximum Gasteiger partial charge on any atom is 0.264 e. The van der Waals surface area contributed by atoms with Crippen molar-refractivity contribution in [3.8, 4) is 0 Å². The van der Waals surface area contributed by atoms with Crippen molar-refractivity contribution in [1.29, 1.82) is 0 Å². The molecule has 0 spiro atoms. The summed E-state index contributed by atoms with van der Waals surface area (Å²) < 4.78 is 29.4. The number of aryl methyl sites for hydroxylation is 1. The molecular formula is C37H43N3O4S. The van der Waals surface area contributed by atoms with Crippen molar-refractivity contribution in [3.05, 3.63) is 131 Å². The zero-order valence-electron chi connectivity index (χ0n) is 26.7. The summed E-state index contributed by atoms with van der Waals surface area (Å²) in [7, 11) is -4.13. The zero-order valence-corrected chi connectivity index (χ0v) is 27.5. The summed E-state index contributed by atoms with van der Waals surface area (Å²) in [5.41, 5.74) is 4.18. The van der Waals surface area contributed by atoms with Crippen molar-refractivity contribution < 1.29 is 18.0 Å². The lowest BCUT2D eigenvalue weighted by Crippen LogP contribution is -2.54. The van der Waals surface area contributed by atoms with Crippen LogP contribution < -0.4 is 9.62 Å². The van der Waals surface area contributed by atoms with E-state index >= 15 is 0 Å². The van der Waals surface area contributed by atoms with E-state index in [9.17, 15) is 18.0 Å². The SMILES string of the molecule is Cc1cccc(CN(C(=O)CN(c2ccc(C(C)C)cc2)S(=O)(=O)c2ccccc2)[C@H](Cc2ccccc2)C(=O)NC(C)C)c1. The monoisotopic (exact) mass is 625 g/mol. The van der Waals surface area contributed by atoms with E-state index in [0.29, 0.717) is 5.69 Å². The summed E-state index contributed by atoms with van der Waals surface area (Å²) in [5, 5.41) is 2.99. The van der Waals surface area contributed by atoms with Gasteiger partial charge in [-0.25, -0.2) is 8.42 Å². The number of hydrogen-bond donors (Lipinski definition) is 1. The van der Waals surface area contributed by atoms with Gasteiger partial charge in [-0.3, -0.25) is 13.9 Å². The molecule has 0 aliphatic heterocycles. The van der Waals surface area contributed by atoms with Crippen LogP contribution in [0, 0.1) is 6.92 Å². The molecule has 0 fully saturated rings. The highest BCUT2D eigenvalue weighted by Gasteiger charge is 2.34. The Kier molecular flexibility index (Phi) is 11.2. The molecular weight excluding hydrogens is 582 g/mol. The summed E-state index contributed by atoms with van der Waals surface area (Å²) in [6, 6.07) is 31.6. The van der Waals surface area contributed by atoms with Crippen LogP contribution >= 0.6 is 0 Å².